The van der Waals surface area contributed by atoms with E-state index in [9.17, 15) is 13.2 Å². The summed E-state index contributed by atoms with van der Waals surface area (Å²) in [6, 6.07) is 5.72. The number of benzene rings is 1. The van der Waals surface area contributed by atoms with Gasteiger partial charge in [0.1, 0.15) is 6.04 Å². The molecule has 0 aromatic heterocycles. The van der Waals surface area contributed by atoms with E-state index in [1.54, 1.807) is 24.3 Å². The molecule has 1 N–H and O–H groups in total. The molecule has 1 saturated heterocycles. The molecule has 6 heteroatoms. The highest BCUT2D eigenvalue weighted by atomic mass is 32.2. The van der Waals surface area contributed by atoms with Crippen molar-refractivity contribution in [1.82, 2.24) is 9.62 Å². The van der Waals surface area contributed by atoms with Gasteiger partial charge in [-0.3, -0.25) is 4.79 Å². The van der Waals surface area contributed by atoms with Crippen LogP contribution in [0.25, 0.3) is 0 Å². The molecule has 1 unspecified atom stereocenters. The zero-order valence-electron chi connectivity index (χ0n) is 11.2. The first-order valence-electron chi connectivity index (χ1n) is 6.26. The van der Waals surface area contributed by atoms with E-state index in [-0.39, 0.29) is 23.8 Å². The zero-order chi connectivity index (χ0) is 14.8. The minimum Gasteiger partial charge on any atom is -0.353 e. The Kier molecular flexibility index (Phi) is 4.12. The maximum absolute atomic E-state index is 12.6. The maximum Gasteiger partial charge on any atom is 0.243 e. The lowest BCUT2D eigenvalue weighted by atomic mass is 10.1. The van der Waals surface area contributed by atoms with Gasteiger partial charge in [-0.15, -0.1) is 12.3 Å². The van der Waals surface area contributed by atoms with Crippen molar-refractivity contribution < 1.29 is 13.2 Å². The van der Waals surface area contributed by atoms with Crippen molar-refractivity contribution in [3.8, 4) is 12.3 Å². The van der Waals surface area contributed by atoms with Crippen molar-refractivity contribution in [1.29, 1.82) is 0 Å². The van der Waals surface area contributed by atoms with E-state index in [1.807, 2.05) is 6.92 Å². The van der Waals surface area contributed by atoms with E-state index in [0.29, 0.717) is 6.54 Å². The molecule has 1 atom stereocenters. The number of nitrogens with zero attached hydrogens (tertiary/aromatic N) is 1. The smallest absolute Gasteiger partial charge is 0.243 e. The standard InChI is InChI=1S/C14H16N2O3S/c1-3-4-13-14(17)15-9-10-16(13)20(18,19)12-7-5-11(2)6-8-12/h1,5-8,13H,4,9-10H2,2H3,(H,15,17). The Morgan fingerprint density at radius 1 is 1.40 bits per heavy atom. The van der Waals surface area contributed by atoms with Gasteiger partial charge >= 0.3 is 0 Å². The molecule has 1 aliphatic heterocycles. The topological polar surface area (TPSA) is 66.5 Å². The summed E-state index contributed by atoms with van der Waals surface area (Å²) in [7, 11) is -3.71. The monoisotopic (exact) mass is 292 g/mol. The van der Waals surface area contributed by atoms with E-state index in [2.05, 4.69) is 11.2 Å². The molecular formula is C14H16N2O3S. The van der Waals surface area contributed by atoms with Gasteiger partial charge in [-0.25, -0.2) is 8.42 Å². The Bertz CT molecular complexity index is 644. The van der Waals surface area contributed by atoms with Gasteiger partial charge in [0.2, 0.25) is 15.9 Å². The third-order valence-electron chi connectivity index (χ3n) is 3.22. The summed E-state index contributed by atoms with van der Waals surface area (Å²) in [6.45, 7) is 2.41. The molecule has 0 spiro atoms. The third-order valence-corrected chi connectivity index (χ3v) is 5.14. The van der Waals surface area contributed by atoms with Crippen LogP contribution in [-0.2, 0) is 14.8 Å². The summed E-state index contributed by atoms with van der Waals surface area (Å²) in [5.41, 5.74) is 0.973. The van der Waals surface area contributed by atoms with E-state index in [0.717, 1.165) is 5.56 Å². The number of rotatable bonds is 3. The second-order valence-electron chi connectivity index (χ2n) is 4.64. The fourth-order valence-corrected chi connectivity index (χ4v) is 3.72. The van der Waals surface area contributed by atoms with Gasteiger partial charge in [0, 0.05) is 19.5 Å². The predicted molar refractivity (Wildman–Crippen MR) is 75.3 cm³/mol. The minimum atomic E-state index is -3.71. The average molecular weight is 292 g/mol. The van der Waals surface area contributed by atoms with E-state index in [1.165, 1.54) is 4.31 Å². The molecule has 0 radical (unpaired) electrons. The van der Waals surface area contributed by atoms with E-state index >= 15 is 0 Å². The summed E-state index contributed by atoms with van der Waals surface area (Å²) in [4.78, 5) is 12.0. The number of hydrogen-bond donors (Lipinski definition) is 1. The number of piperazine rings is 1. The first kappa shape index (κ1) is 14.6. The van der Waals surface area contributed by atoms with Crippen LogP contribution >= 0.6 is 0 Å². The van der Waals surface area contributed by atoms with Crippen LogP contribution in [0.5, 0.6) is 0 Å². The fraction of sp³-hybridized carbons (Fsp3) is 0.357. The number of nitrogens with one attached hydrogen (secondary N) is 1. The first-order chi connectivity index (χ1) is 9.46. The van der Waals surface area contributed by atoms with Crippen molar-refractivity contribution in [3.63, 3.8) is 0 Å². The number of sulfonamides is 1. The van der Waals surface area contributed by atoms with Crippen molar-refractivity contribution in [2.24, 2.45) is 0 Å². The Morgan fingerprint density at radius 3 is 2.65 bits per heavy atom. The highest BCUT2D eigenvalue weighted by Crippen LogP contribution is 2.21. The molecule has 1 aliphatic rings. The van der Waals surface area contributed by atoms with Crippen molar-refractivity contribution in [3.05, 3.63) is 29.8 Å². The number of carbonyl (C=O) groups excluding carboxylic acids is 1. The number of amides is 1. The molecule has 5 nitrogen and oxygen atoms in total. The first-order valence-corrected chi connectivity index (χ1v) is 7.70. The van der Waals surface area contributed by atoms with E-state index < -0.39 is 16.1 Å². The number of hydrogen-bond acceptors (Lipinski definition) is 3. The minimum absolute atomic E-state index is 0.0664. The average Bonchev–Trinajstić information content (AvgIpc) is 2.41. The van der Waals surface area contributed by atoms with Crippen LogP contribution in [0.2, 0.25) is 0 Å². The van der Waals surface area contributed by atoms with Gasteiger partial charge in [0.05, 0.1) is 4.90 Å². The molecule has 0 bridgehead atoms. The van der Waals surface area contributed by atoms with Crippen LogP contribution in [0.15, 0.2) is 29.2 Å². The summed E-state index contributed by atoms with van der Waals surface area (Å²) in [5, 5.41) is 2.64. The van der Waals surface area contributed by atoms with Crippen LogP contribution in [0.3, 0.4) is 0 Å². The van der Waals surface area contributed by atoms with Gasteiger partial charge in [0.15, 0.2) is 0 Å². The molecule has 1 heterocycles. The summed E-state index contributed by atoms with van der Waals surface area (Å²) >= 11 is 0. The van der Waals surface area contributed by atoms with Crippen LogP contribution in [-0.4, -0.2) is 37.8 Å². The molecule has 1 fully saturated rings. The van der Waals surface area contributed by atoms with E-state index in [4.69, 9.17) is 6.42 Å². The molecule has 0 aliphatic carbocycles. The number of terminal acetylenes is 1. The van der Waals surface area contributed by atoms with Crippen molar-refractivity contribution in [2.75, 3.05) is 13.1 Å². The summed E-state index contributed by atoms with van der Waals surface area (Å²) in [6.07, 6.45) is 5.30. The molecule has 1 amide bonds. The molecule has 20 heavy (non-hydrogen) atoms. The fourth-order valence-electron chi connectivity index (χ4n) is 2.13. The molecule has 106 valence electrons. The lowest BCUT2D eigenvalue weighted by Crippen LogP contribution is -2.56. The lowest BCUT2D eigenvalue weighted by molar-refractivity contribution is -0.126. The second-order valence-corrected chi connectivity index (χ2v) is 6.53. The van der Waals surface area contributed by atoms with Crippen LogP contribution in [0.4, 0.5) is 0 Å². The van der Waals surface area contributed by atoms with Crippen LogP contribution in [0, 0.1) is 19.3 Å². The second kappa shape index (κ2) is 5.65. The number of aryl methyl sites for hydroxylation is 1. The maximum atomic E-state index is 12.6. The predicted octanol–water partition coefficient (Wildman–Crippen LogP) is 0.507. The van der Waals surface area contributed by atoms with Gasteiger partial charge in [-0.1, -0.05) is 17.7 Å². The zero-order valence-corrected chi connectivity index (χ0v) is 12.0. The Morgan fingerprint density at radius 2 is 2.05 bits per heavy atom. The third kappa shape index (κ3) is 2.69. The summed E-state index contributed by atoms with van der Waals surface area (Å²) in [5.74, 6) is 2.02. The molecule has 1 aromatic carbocycles. The largest absolute Gasteiger partial charge is 0.353 e. The molecular weight excluding hydrogens is 276 g/mol. The number of carbonyl (C=O) groups is 1. The SMILES string of the molecule is C#CCC1C(=O)NCCN1S(=O)(=O)c1ccc(C)cc1. The van der Waals surface area contributed by atoms with Crippen LogP contribution in [0.1, 0.15) is 12.0 Å². The summed E-state index contributed by atoms with van der Waals surface area (Å²) < 4.78 is 26.4. The van der Waals surface area contributed by atoms with Crippen molar-refractivity contribution >= 4 is 15.9 Å². The highest BCUT2D eigenvalue weighted by molar-refractivity contribution is 7.89. The molecule has 1 aromatic rings. The van der Waals surface area contributed by atoms with Crippen molar-refractivity contribution in [2.45, 2.75) is 24.3 Å². The molecule has 2 rings (SSSR count). The van der Waals surface area contributed by atoms with Crippen LogP contribution < -0.4 is 5.32 Å². The Balaban J connectivity index is 2.38. The van der Waals surface area contributed by atoms with Gasteiger partial charge in [-0.05, 0) is 19.1 Å². The quantitative estimate of drug-likeness (QED) is 0.825. The van der Waals surface area contributed by atoms with Gasteiger partial charge < -0.3 is 5.32 Å². The normalized spacial score (nSPS) is 20.2. The Labute approximate surface area is 119 Å². The van der Waals surface area contributed by atoms with Gasteiger partial charge in [-0.2, -0.15) is 4.31 Å². The van der Waals surface area contributed by atoms with Gasteiger partial charge in [0.25, 0.3) is 0 Å². The highest BCUT2D eigenvalue weighted by Gasteiger charge is 2.37. The lowest BCUT2D eigenvalue weighted by Gasteiger charge is -2.33. The molecule has 0 saturated carbocycles. The Hall–Kier alpha value is -1.84.